The molecule has 3 aliphatic heterocycles. The van der Waals surface area contributed by atoms with Crippen molar-refractivity contribution >= 4 is 24.5 Å². The Morgan fingerprint density at radius 1 is 1.33 bits per heavy atom. The number of nitrogens with one attached hydrogen (secondary N) is 1. The van der Waals surface area contributed by atoms with Crippen LogP contribution in [0.4, 0.5) is 0 Å². The van der Waals surface area contributed by atoms with Gasteiger partial charge in [0.05, 0.1) is 19.8 Å². The second kappa shape index (κ2) is 8.30. The van der Waals surface area contributed by atoms with Crippen molar-refractivity contribution in [2.45, 2.75) is 33.4 Å². The monoisotopic (exact) mass is 416 g/mol. The molecule has 0 saturated carbocycles. The molecule has 0 bridgehead atoms. The van der Waals surface area contributed by atoms with E-state index in [2.05, 4.69) is 10.2 Å². The number of hydrogen-bond donors (Lipinski definition) is 2. The van der Waals surface area contributed by atoms with Gasteiger partial charge < -0.3 is 24.5 Å². The van der Waals surface area contributed by atoms with Crippen molar-refractivity contribution < 1.29 is 28.7 Å². The molecule has 162 valence electrons. The van der Waals surface area contributed by atoms with E-state index in [4.69, 9.17) is 14.1 Å². The number of carbonyl (C=O) groups excluding carboxylic acids is 2. The fourth-order valence-electron chi connectivity index (χ4n) is 4.47. The van der Waals surface area contributed by atoms with Gasteiger partial charge in [-0.25, -0.2) is 4.79 Å². The van der Waals surface area contributed by atoms with Crippen LogP contribution in [0.2, 0.25) is 0 Å². The van der Waals surface area contributed by atoms with Crippen molar-refractivity contribution in [3.63, 3.8) is 0 Å². The van der Waals surface area contributed by atoms with Gasteiger partial charge in [-0.3, -0.25) is 9.69 Å². The third kappa shape index (κ3) is 3.99. The molecule has 2 N–H and O–H groups in total. The molecule has 1 spiro atoms. The summed E-state index contributed by atoms with van der Waals surface area (Å²) in [4.78, 5) is 27.8. The summed E-state index contributed by atoms with van der Waals surface area (Å²) in [6, 6.07) is 2.75. The normalized spacial score (nSPS) is 20.5. The van der Waals surface area contributed by atoms with Gasteiger partial charge in [-0.15, -0.1) is 0 Å². The smallest absolute Gasteiger partial charge is 0.463 e. The van der Waals surface area contributed by atoms with Crippen molar-refractivity contribution in [2.75, 3.05) is 39.5 Å². The van der Waals surface area contributed by atoms with Crippen LogP contribution >= 0.6 is 0 Å². The van der Waals surface area contributed by atoms with Gasteiger partial charge in [0.15, 0.2) is 0 Å². The van der Waals surface area contributed by atoms with Crippen LogP contribution in [0.25, 0.3) is 0 Å². The van der Waals surface area contributed by atoms with Gasteiger partial charge >= 0.3 is 13.1 Å². The van der Waals surface area contributed by atoms with E-state index in [0.29, 0.717) is 41.8 Å². The second-order valence-corrected chi connectivity index (χ2v) is 9.04. The number of likely N-dealkylation sites (tertiary alicyclic amines) is 1. The van der Waals surface area contributed by atoms with Crippen LogP contribution in [0.3, 0.4) is 0 Å². The quantitative estimate of drug-likeness (QED) is 0.471. The number of nitrogens with zero attached hydrogens (tertiary/aromatic N) is 1. The van der Waals surface area contributed by atoms with Crippen LogP contribution in [-0.4, -0.2) is 74.4 Å². The molecule has 1 aromatic carbocycles. The van der Waals surface area contributed by atoms with E-state index >= 15 is 0 Å². The summed E-state index contributed by atoms with van der Waals surface area (Å²) < 4.78 is 16.0. The second-order valence-electron chi connectivity index (χ2n) is 9.04. The highest BCUT2D eigenvalue weighted by Crippen LogP contribution is 2.37. The third-order valence-electron chi connectivity index (χ3n) is 6.29. The Labute approximate surface area is 177 Å². The predicted molar refractivity (Wildman–Crippen MR) is 110 cm³/mol. The third-order valence-corrected chi connectivity index (χ3v) is 6.29. The number of ether oxygens (including phenoxy) is 2. The van der Waals surface area contributed by atoms with Crippen LogP contribution in [-0.2, 0) is 25.5 Å². The molecule has 8 nitrogen and oxygen atoms in total. The number of hydrogen-bond acceptors (Lipinski definition) is 7. The summed E-state index contributed by atoms with van der Waals surface area (Å²) in [5, 5.41) is 12.8. The highest BCUT2D eigenvalue weighted by molar-refractivity contribution is 6.62. The van der Waals surface area contributed by atoms with Crippen LogP contribution in [0.15, 0.2) is 12.1 Å². The van der Waals surface area contributed by atoms with E-state index in [-0.39, 0.29) is 11.8 Å². The van der Waals surface area contributed by atoms with Gasteiger partial charge in [0.25, 0.3) is 5.91 Å². The van der Waals surface area contributed by atoms with E-state index in [0.717, 1.165) is 31.9 Å². The van der Waals surface area contributed by atoms with E-state index in [1.165, 1.54) is 0 Å². The minimum atomic E-state index is -1.02. The first-order valence-corrected chi connectivity index (χ1v) is 10.5. The maximum absolute atomic E-state index is 12.9. The van der Waals surface area contributed by atoms with Crippen molar-refractivity contribution in [3.8, 4) is 0 Å². The zero-order valence-electron chi connectivity index (χ0n) is 17.8. The maximum atomic E-state index is 12.9. The Hall–Kier alpha value is -1.94. The van der Waals surface area contributed by atoms with E-state index in [1.807, 2.05) is 13.8 Å². The Morgan fingerprint density at radius 3 is 2.70 bits per heavy atom. The van der Waals surface area contributed by atoms with Crippen molar-refractivity contribution in [3.05, 3.63) is 28.8 Å². The van der Waals surface area contributed by atoms with Gasteiger partial charge in [0, 0.05) is 30.6 Å². The van der Waals surface area contributed by atoms with Gasteiger partial charge in [0.2, 0.25) is 0 Å². The number of amides is 1. The molecule has 1 amide bonds. The Kier molecular flexibility index (Phi) is 5.89. The summed E-state index contributed by atoms with van der Waals surface area (Å²) in [6.07, 6.45) is 0. The lowest BCUT2D eigenvalue weighted by molar-refractivity contribution is -0.191. The Bertz CT molecular complexity index is 833. The molecular weight excluding hydrogens is 387 g/mol. The van der Waals surface area contributed by atoms with Crippen molar-refractivity contribution in [2.24, 2.45) is 11.3 Å². The molecular formula is C21H29BN2O6. The number of fused-ring (bicyclic) bond motifs is 1. The van der Waals surface area contributed by atoms with E-state index < -0.39 is 19.1 Å². The molecule has 1 atom stereocenters. The van der Waals surface area contributed by atoms with Gasteiger partial charge in [-0.1, -0.05) is 19.9 Å². The molecule has 1 aromatic rings. The van der Waals surface area contributed by atoms with Crippen LogP contribution < -0.4 is 10.8 Å². The van der Waals surface area contributed by atoms with Crippen LogP contribution in [0, 0.1) is 18.3 Å². The first-order chi connectivity index (χ1) is 14.3. The molecule has 2 saturated heterocycles. The minimum Gasteiger partial charge on any atom is -0.463 e. The van der Waals surface area contributed by atoms with E-state index in [1.54, 1.807) is 19.1 Å². The lowest BCUT2D eigenvalue weighted by atomic mass is 9.75. The topological polar surface area (TPSA) is 97.3 Å². The molecule has 30 heavy (non-hydrogen) atoms. The Balaban J connectivity index is 1.32. The summed E-state index contributed by atoms with van der Waals surface area (Å²) in [6.45, 7) is 10.5. The maximum Gasteiger partial charge on any atom is 0.492 e. The lowest BCUT2D eigenvalue weighted by Crippen LogP contribution is -2.66. The summed E-state index contributed by atoms with van der Waals surface area (Å²) >= 11 is 0. The van der Waals surface area contributed by atoms with Crippen molar-refractivity contribution in [1.82, 2.24) is 10.2 Å². The summed E-state index contributed by atoms with van der Waals surface area (Å²) in [7, 11) is -1.02. The summed E-state index contributed by atoms with van der Waals surface area (Å²) in [5.41, 5.74) is 2.93. The zero-order chi connectivity index (χ0) is 21.5. The highest BCUT2D eigenvalue weighted by atomic mass is 16.5. The van der Waals surface area contributed by atoms with E-state index in [9.17, 15) is 14.6 Å². The molecule has 0 aliphatic carbocycles. The number of rotatable bonds is 7. The molecule has 0 aromatic heterocycles. The Morgan fingerprint density at radius 2 is 2.07 bits per heavy atom. The fraction of sp³-hybridized carbons (Fsp3) is 0.619. The zero-order valence-corrected chi connectivity index (χ0v) is 17.8. The SMILES string of the molecule is Cc1c(C(=O)NC(C(=O)OCCN2CC3(COC3)C2)C(C)C)ccc2c1B(O)OC2. The molecule has 3 heterocycles. The number of benzene rings is 1. The molecule has 0 radical (unpaired) electrons. The fourth-order valence-corrected chi connectivity index (χ4v) is 4.47. The van der Waals surface area contributed by atoms with Crippen molar-refractivity contribution in [1.29, 1.82) is 0 Å². The largest absolute Gasteiger partial charge is 0.492 e. The first-order valence-electron chi connectivity index (χ1n) is 10.5. The number of carbonyl (C=O) groups is 2. The lowest BCUT2D eigenvalue weighted by Gasteiger charge is -2.55. The molecule has 9 heteroatoms. The standard InChI is InChI=1S/C21H29BN2O6/c1-13(2)18(20(26)29-7-6-24-9-21(10-24)11-28-12-21)23-19(25)16-5-4-15-8-30-22(27)17(15)14(16)3/h4-5,13,18,27H,6-12H2,1-3H3,(H,23,25). The average Bonchev–Trinajstić information content (AvgIpc) is 3.01. The predicted octanol–water partition coefficient (Wildman–Crippen LogP) is -0.157. The minimum absolute atomic E-state index is 0.121. The highest BCUT2D eigenvalue weighted by Gasteiger charge is 2.48. The van der Waals surface area contributed by atoms with Gasteiger partial charge in [0.1, 0.15) is 12.6 Å². The van der Waals surface area contributed by atoms with Gasteiger partial charge in [-0.2, -0.15) is 0 Å². The molecule has 1 unspecified atom stereocenters. The first kappa shape index (κ1) is 21.3. The average molecular weight is 416 g/mol. The molecule has 2 fully saturated rings. The van der Waals surface area contributed by atoms with Crippen LogP contribution in [0.5, 0.6) is 0 Å². The van der Waals surface area contributed by atoms with Crippen LogP contribution in [0.1, 0.15) is 35.3 Å². The molecule has 4 rings (SSSR count). The van der Waals surface area contributed by atoms with Gasteiger partial charge in [-0.05, 0) is 35.5 Å². The molecule has 3 aliphatic rings. The number of esters is 1. The summed E-state index contributed by atoms with van der Waals surface area (Å²) in [5.74, 6) is -0.910.